The summed E-state index contributed by atoms with van der Waals surface area (Å²) in [7, 11) is 0. The molecule has 0 spiro atoms. The Morgan fingerprint density at radius 1 is 0.200 bits per heavy atom. The van der Waals surface area contributed by atoms with E-state index in [-0.39, 0.29) is 45.3 Å². The molecule has 0 aromatic carbocycles. The molecular weight excluding hydrogens is 961 g/mol. The van der Waals surface area contributed by atoms with Crippen LogP contribution in [0.5, 0.6) is 0 Å². The first-order valence-electron chi connectivity index (χ1n) is 29.4. The van der Waals surface area contributed by atoms with Crippen LogP contribution in [-0.4, -0.2) is 0 Å². The molecule has 4 saturated carbocycles. The van der Waals surface area contributed by atoms with E-state index in [2.05, 4.69) is 307 Å². The Bertz CT molecular complexity index is 2800. The predicted molar refractivity (Wildman–Crippen MR) is 336 cm³/mol. The third-order valence-electron chi connectivity index (χ3n) is 18.4. The van der Waals surface area contributed by atoms with E-state index in [0.717, 1.165) is 0 Å². The van der Waals surface area contributed by atoms with Crippen LogP contribution in [0.25, 0.3) is 44.5 Å². The first-order chi connectivity index (χ1) is 38.2. The van der Waals surface area contributed by atoms with Gasteiger partial charge in [0, 0.05) is 23.7 Å². The van der Waals surface area contributed by atoms with Crippen LogP contribution in [0.3, 0.4) is 0 Å². The van der Waals surface area contributed by atoms with Crippen molar-refractivity contribution in [3.05, 3.63) is 314 Å². The van der Waals surface area contributed by atoms with Crippen LogP contribution in [0.15, 0.2) is 121 Å². The molecule has 0 aromatic rings. The van der Waals surface area contributed by atoms with Crippen LogP contribution in [0.4, 0.5) is 0 Å². The van der Waals surface area contributed by atoms with E-state index in [1.54, 1.807) is 0 Å². The van der Waals surface area contributed by atoms with Gasteiger partial charge in [0.2, 0.25) is 0 Å². The Balaban J connectivity index is 1.22. The van der Waals surface area contributed by atoms with Gasteiger partial charge < -0.3 is 0 Å². The van der Waals surface area contributed by atoms with E-state index in [0.29, 0.717) is 0 Å². The van der Waals surface area contributed by atoms with Crippen molar-refractivity contribution in [3.8, 4) is 44.5 Å². The number of hydrogen-bond acceptors (Lipinski definition) is 0. The molecule has 4 fully saturated rings. The average Bonchev–Trinajstić information content (AvgIpc) is 4.42. The number of rotatable bonds is 4. The van der Waals surface area contributed by atoms with Crippen molar-refractivity contribution >= 4 is 0 Å². The van der Waals surface area contributed by atoms with Crippen LogP contribution < -0.4 is 0 Å². The molecule has 0 nitrogen and oxygen atoms in total. The normalized spacial score (nSPS) is 22.2. The van der Waals surface area contributed by atoms with Gasteiger partial charge in [-0.1, -0.05) is 204 Å². The van der Waals surface area contributed by atoms with Gasteiger partial charge >= 0.3 is 0 Å². The monoisotopic (exact) mass is 1040 g/mol. The highest BCUT2D eigenvalue weighted by Gasteiger charge is 2.45. The maximum absolute atomic E-state index is 2.65. The van der Waals surface area contributed by atoms with E-state index < -0.39 is 0 Å². The minimum absolute atomic E-state index is 0.0481. The Labute approximate surface area is 484 Å². The van der Waals surface area contributed by atoms with Gasteiger partial charge in [0.1, 0.15) is 0 Å². The third kappa shape index (κ3) is 9.50. The van der Waals surface area contributed by atoms with E-state index in [1.165, 1.54) is 135 Å². The van der Waals surface area contributed by atoms with Gasteiger partial charge in [-0.25, -0.2) is 0 Å². The molecule has 8 bridgehead atoms. The smallest absolute Gasteiger partial charge is 0.0170 e. The fourth-order valence-corrected chi connectivity index (χ4v) is 14.0. The fraction of sp³-hybridized carbons (Fsp3) is 0.250. The molecular formula is C80H76. The molecule has 0 heteroatoms. The molecule has 13 rings (SSSR count). The van der Waals surface area contributed by atoms with Gasteiger partial charge in [0.05, 0.1) is 0 Å². The Morgan fingerprint density at radius 2 is 0.338 bits per heavy atom. The molecule has 0 N–H and O–H groups in total. The van der Waals surface area contributed by atoms with E-state index in [4.69, 9.17) is 0 Å². The quantitative estimate of drug-likeness (QED) is 0.165. The molecule has 80 heavy (non-hydrogen) atoms. The summed E-state index contributed by atoms with van der Waals surface area (Å²) >= 11 is 0. The molecule has 0 atom stereocenters. The molecule has 0 heterocycles. The summed E-state index contributed by atoms with van der Waals surface area (Å²) in [5.41, 5.74) is 26.3. The summed E-state index contributed by atoms with van der Waals surface area (Å²) in [6.45, 7) is 28.2. The van der Waals surface area contributed by atoms with Crippen LogP contribution in [0.2, 0.25) is 0 Å². The predicted octanol–water partition coefficient (Wildman–Crippen LogP) is 19.8. The zero-order valence-corrected chi connectivity index (χ0v) is 49.1. The lowest BCUT2D eigenvalue weighted by molar-refractivity contribution is 0.590. The summed E-state index contributed by atoms with van der Waals surface area (Å²) in [5, 5.41) is 0. The van der Waals surface area contributed by atoms with Crippen molar-refractivity contribution in [1.82, 2.24) is 0 Å². The van der Waals surface area contributed by atoms with E-state index >= 15 is 0 Å². The van der Waals surface area contributed by atoms with Crippen LogP contribution in [0, 0.1) is 126 Å². The Hall–Kier alpha value is -5.20. The lowest BCUT2D eigenvalue weighted by Gasteiger charge is -2.26. The van der Waals surface area contributed by atoms with Crippen LogP contribution in [-0.2, 0) is 21.7 Å². The van der Waals surface area contributed by atoms with Crippen LogP contribution in [0.1, 0.15) is 174 Å². The minimum atomic E-state index is -0.0769. The lowest BCUT2D eigenvalue weighted by Crippen LogP contribution is -2.13. The second-order valence-electron chi connectivity index (χ2n) is 27.6. The molecule has 0 amide bonds. The van der Waals surface area contributed by atoms with Crippen molar-refractivity contribution in [2.45, 2.75) is 128 Å². The van der Waals surface area contributed by atoms with Crippen molar-refractivity contribution in [2.24, 2.45) is 0 Å². The molecule has 20 radical (unpaired) electrons. The van der Waals surface area contributed by atoms with Gasteiger partial charge in [-0.2, -0.15) is 0 Å². The topological polar surface area (TPSA) is 0 Å². The van der Waals surface area contributed by atoms with Crippen molar-refractivity contribution < 1.29 is 0 Å². The zero-order chi connectivity index (χ0) is 55.6. The summed E-state index contributed by atoms with van der Waals surface area (Å²) in [4.78, 5) is 0. The summed E-state index contributed by atoms with van der Waals surface area (Å²) in [5.74, 6) is 4.94. The van der Waals surface area contributed by atoms with Crippen molar-refractivity contribution in [3.63, 3.8) is 0 Å². The summed E-state index contributed by atoms with van der Waals surface area (Å²) in [6, 6.07) is 49.8. The highest BCUT2D eigenvalue weighted by Crippen LogP contribution is 2.61. The van der Waals surface area contributed by atoms with E-state index in [1.807, 2.05) is 0 Å². The minimum Gasteiger partial charge on any atom is -0.0579 e. The summed E-state index contributed by atoms with van der Waals surface area (Å²) in [6.07, 6.45) is 37.0. The zero-order valence-electron chi connectivity index (χ0n) is 49.1. The second-order valence-corrected chi connectivity index (χ2v) is 27.6. The first-order valence-corrected chi connectivity index (χ1v) is 29.4. The van der Waals surface area contributed by atoms with Gasteiger partial charge in [0.15, 0.2) is 0 Å². The average molecular weight is 1040 g/mol. The SMILES string of the molecule is CC(C)(C)c1ccc2c3cc(c-2cc1)C([C]1[CH][CH][CH][CH]1)c1cc(c2ccc(C(C)(C)C)ccc1-2)C([C]1[CH][CH][CH][CH]1)c1cc(c2ccc(C(C)(C)C)ccc1-2)C([C]1[CH][CH][CH][CH]1)c1cc(c2ccc(C(C)(C)C)ccc1-2)C3[C]1[CH][CH][CH][CH]1. The second kappa shape index (κ2) is 20.3. The van der Waals surface area contributed by atoms with Crippen molar-refractivity contribution in [2.75, 3.05) is 0 Å². The molecule has 13 aliphatic carbocycles. The Kier molecular flexibility index (Phi) is 13.7. The maximum Gasteiger partial charge on any atom is 0.0170 e. The highest BCUT2D eigenvalue weighted by atomic mass is 14.5. The molecule has 13 aliphatic rings. The molecule has 0 unspecified atom stereocenters. The van der Waals surface area contributed by atoms with Crippen LogP contribution >= 0.6 is 0 Å². The maximum atomic E-state index is 2.65. The lowest BCUT2D eigenvalue weighted by atomic mass is 9.77. The van der Waals surface area contributed by atoms with Crippen molar-refractivity contribution in [1.29, 1.82) is 0 Å². The first kappa shape index (κ1) is 54.1. The van der Waals surface area contributed by atoms with E-state index in [9.17, 15) is 0 Å². The number of hydrogen-bond donors (Lipinski definition) is 0. The Morgan fingerprint density at radius 3 is 0.463 bits per heavy atom. The third-order valence-corrected chi connectivity index (χ3v) is 18.4. The molecule has 0 aliphatic heterocycles. The van der Waals surface area contributed by atoms with Gasteiger partial charge in [-0.3, -0.25) is 0 Å². The standard InChI is InChI=1S/C80H76/c1-77(2,3)53-29-37-57-58(38-30-53)66-45-65(57)73(49-21-13-14-22-49)67-46-69(61-41-33-54(78(4,5)6)31-39-59(61)67)75(51-25-17-18-26-51)71-48-72(64-44-36-56(80(10,11)12)35-43-63(64)71)76(52-27-19-20-28-52)70-47-68(74(66)50-23-15-16-24-50)60-40-32-55(79(7,8)9)34-42-62(60)70/h13-48,73-76H,1-12H3. The van der Waals surface area contributed by atoms with Gasteiger partial charge in [-0.05, 0) is 259 Å². The summed E-state index contributed by atoms with van der Waals surface area (Å²) < 4.78 is 0. The molecule has 396 valence electrons. The molecule has 0 saturated heterocycles. The van der Waals surface area contributed by atoms with Gasteiger partial charge in [-0.15, -0.1) is 0 Å². The fourth-order valence-electron chi connectivity index (χ4n) is 14.0. The largest absolute Gasteiger partial charge is 0.0579 e. The highest BCUT2D eigenvalue weighted by molar-refractivity contribution is 5.89. The molecule has 0 aromatic heterocycles. The van der Waals surface area contributed by atoms with Gasteiger partial charge in [0.25, 0.3) is 0 Å².